The summed E-state index contributed by atoms with van der Waals surface area (Å²) in [5.41, 5.74) is 6.76. The number of aryl methyl sites for hydroxylation is 1. The van der Waals surface area contributed by atoms with E-state index in [0.717, 1.165) is 28.6 Å². The number of aromatic nitrogens is 2. The van der Waals surface area contributed by atoms with Gasteiger partial charge in [0.1, 0.15) is 5.69 Å². The first-order valence-corrected chi connectivity index (χ1v) is 9.20. The van der Waals surface area contributed by atoms with Crippen molar-refractivity contribution >= 4 is 22.9 Å². The third kappa shape index (κ3) is 3.83. The SMILES string of the molecule is CCc1ccc(/C=N\NC(=O)c2cc(-c3ccc4ccccc4c3)n[nH]2)cc1. The van der Waals surface area contributed by atoms with Gasteiger partial charge in [-0.25, -0.2) is 5.43 Å². The smallest absolute Gasteiger partial charge is 0.272 e. The molecule has 0 aliphatic heterocycles. The second-order valence-corrected chi connectivity index (χ2v) is 6.52. The van der Waals surface area contributed by atoms with Gasteiger partial charge in [-0.3, -0.25) is 9.89 Å². The molecular weight excluding hydrogens is 348 g/mol. The van der Waals surface area contributed by atoms with Crippen LogP contribution in [0.25, 0.3) is 22.0 Å². The number of aromatic amines is 1. The van der Waals surface area contributed by atoms with E-state index >= 15 is 0 Å². The maximum Gasteiger partial charge on any atom is 0.289 e. The topological polar surface area (TPSA) is 70.1 Å². The minimum Gasteiger partial charge on any atom is -0.272 e. The maximum atomic E-state index is 12.3. The average Bonchev–Trinajstić information content (AvgIpc) is 3.24. The van der Waals surface area contributed by atoms with Crippen molar-refractivity contribution in [2.45, 2.75) is 13.3 Å². The van der Waals surface area contributed by atoms with Gasteiger partial charge in [0, 0.05) is 5.56 Å². The van der Waals surface area contributed by atoms with Crippen LogP contribution in [0.15, 0.2) is 77.9 Å². The number of H-pyrrole nitrogens is 1. The fourth-order valence-electron chi connectivity index (χ4n) is 3.00. The summed E-state index contributed by atoms with van der Waals surface area (Å²) in [5.74, 6) is -0.332. The number of carbonyl (C=O) groups is 1. The van der Waals surface area contributed by atoms with E-state index in [0.29, 0.717) is 5.69 Å². The average molecular weight is 368 g/mol. The van der Waals surface area contributed by atoms with Crippen LogP contribution < -0.4 is 5.43 Å². The van der Waals surface area contributed by atoms with Crippen molar-refractivity contribution in [2.75, 3.05) is 0 Å². The van der Waals surface area contributed by atoms with Crippen molar-refractivity contribution < 1.29 is 4.79 Å². The Morgan fingerprint density at radius 2 is 1.82 bits per heavy atom. The Hall–Kier alpha value is -3.73. The van der Waals surface area contributed by atoms with Crippen LogP contribution in [0.5, 0.6) is 0 Å². The monoisotopic (exact) mass is 368 g/mol. The lowest BCUT2D eigenvalue weighted by Crippen LogP contribution is -2.17. The van der Waals surface area contributed by atoms with Gasteiger partial charge in [-0.05, 0) is 40.5 Å². The normalized spacial score (nSPS) is 11.2. The number of carbonyl (C=O) groups excluding carboxylic acids is 1. The summed E-state index contributed by atoms with van der Waals surface area (Å²) in [4.78, 5) is 12.3. The van der Waals surface area contributed by atoms with E-state index in [1.54, 1.807) is 12.3 Å². The van der Waals surface area contributed by atoms with Crippen LogP contribution in [-0.4, -0.2) is 22.3 Å². The molecule has 4 rings (SSSR count). The quantitative estimate of drug-likeness (QED) is 0.401. The van der Waals surface area contributed by atoms with Crippen LogP contribution in [0, 0.1) is 0 Å². The van der Waals surface area contributed by atoms with Crippen molar-refractivity contribution in [2.24, 2.45) is 5.10 Å². The van der Waals surface area contributed by atoms with Gasteiger partial charge in [0.15, 0.2) is 0 Å². The lowest BCUT2D eigenvalue weighted by Gasteiger charge is -2.00. The van der Waals surface area contributed by atoms with Gasteiger partial charge in [0.05, 0.1) is 11.9 Å². The molecule has 0 aliphatic rings. The molecule has 3 aromatic carbocycles. The second kappa shape index (κ2) is 7.88. The van der Waals surface area contributed by atoms with Crippen LogP contribution in [0.2, 0.25) is 0 Å². The van der Waals surface area contributed by atoms with Gasteiger partial charge in [0.2, 0.25) is 0 Å². The number of nitrogens with zero attached hydrogens (tertiary/aromatic N) is 2. The number of fused-ring (bicyclic) bond motifs is 1. The Balaban J connectivity index is 1.45. The molecule has 0 radical (unpaired) electrons. The lowest BCUT2D eigenvalue weighted by molar-refractivity contribution is 0.0950. The van der Waals surface area contributed by atoms with Crippen LogP contribution >= 0.6 is 0 Å². The van der Waals surface area contributed by atoms with Gasteiger partial charge < -0.3 is 0 Å². The fourth-order valence-corrected chi connectivity index (χ4v) is 3.00. The molecule has 28 heavy (non-hydrogen) atoms. The zero-order valence-corrected chi connectivity index (χ0v) is 15.5. The number of nitrogens with one attached hydrogen (secondary N) is 2. The summed E-state index contributed by atoms with van der Waals surface area (Å²) in [6.07, 6.45) is 2.62. The molecule has 138 valence electrons. The molecule has 0 fully saturated rings. The van der Waals surface area contributed by atoms with Crippen molar-refractivity contribution in [1.82, 2.24) is 15.6 Å². The van der Waals surface area contributed by atoms with E-state index in [-0.39, 0.29) is 5.91 Å². The highest BCUT2D eigenvalue weighted by atomic mass is 16.2. The van der Waals surface area contributed by atoms with Gasteiger partial charge >= 0.3 is 0 Å². The maximum absolute atomic E-state index is 12.3. The molecular formula is C23H20N4O. The first kappa shape index (κ1) is 17.7. The van der Waals surface area contributed by atoms with Crippen molar-refractivity contribution in [3.05, 3.63) is 89.6 Å². The number of hydrazone groups is 1. The first-order valence-electron chi connectivity index (χ1n) is 9.20. The van der Waals surface area contributed by atoms with E-state index in [9.17, 15) is 4.79 Å². The minimum atomic E-state index is -0.332. The summed E-state index contributed by atoms with van der Waals surface area (Å²) >= 11 is 0. The Morgan fingerprint density at radius 3 is 2.61 bits per heavy atom. The standard InChI is InChI=1S/C23H20N4O/c1-2-16-7-9-17(10-8-16)15-24-27-23(28)22-14-21(25-26-22)20-12-11-18-5-3-4-6-19(18)13-20/h3-15H,2H2,1H3,(H,25,26)(H,27,28)/b24-15-. The molecule has 0 unspecified atom stereocenters. The van der Waals surface area contributed by atoms with Gasteiger partial charge in [-0.2, -0.15) is 10.2 Å². The highest BCUT2D eigenvalue weighted by molar-refractivity contribution is 5.94. The van der Waals surface area contributed by atoms with E-state index in [4.69, 9.17) is 0 Å². The van der Waals surface area contributed by atoms with Gasteiger partial charge in [0.25, 0.3) is 5.91 Å². The molecule has 0 atom stereocenters. The molecule has 0 spiro atoms. The molecule has 0 aliphatic carbocycles. The van der Waals surface area contributed by atoms with Crippen LogP contribution in [0.1, 0.15) is 28.5 Å². The van der Waals surface area contributed by atoms with Crippen molar-refractivity contribution in [3.63, 3.8) is 0 Å². The summed E-state index contributed by atoms with van der Waals surface area (Å²) in [7, 11) is 0. The second-order valence-electron chi connectivity index (χ2n) is 6.52. The Labute approximate surface area is 163 Å². The number of rotatable bonds is 5. The third-order valence-corrected chi connectivity index (χ3v) is 4.64. The summed E-state index contributed by atoms with van der Waals surface area (Å²) < 4.78 is 0. The predicted molar refractivity (Wildman–Crippen MR) is 112 cm³/mol. The lowest BCUT2D eigenvalue weighted by atomic mass is 10.1. The summed E-state index contributed by atoms with van der Waals surface area (Å²) in [5, 5.41) is 13.4. The van der Waals surface area contributed by atoms with Gasteiger partial charge in [-0.15, -0.1) is 0 Å². The molecule has 4 aromatic rings. The molecule has 0 saturated heterocycles. The number of hydrogen-bond donors (Lipinski definition) is 2. The fraction of sp³-hybridized carbons (Fsp3) is 0.0870. The first-order chi connectivity index (χ1) is 13.7. The number of amides is 1. The molecule has 5 nitrogen and oxygen atoms in total. The molecule has 2 N–H and O–H groups in total. The highest BCUT2D eigenvalue weighted by Crippen LogP contribution is 2.23. The van der Waals surface area contributed by atoms with E-state index < -0.39 is 0 Å². The van der Waals surface area contributed by atoms with Crippen LogP contribution in [-0.2, 0) is 6.42 Å². The summed E-state index contributed by atoms with van der Waals surface area (Å²) in [6.45, 7) is 2.11. The highest BCUT2D eigenvalue weighted by Gasteiger charge is 2.10. The molecule has 1 aromatic heterocycles. The number of benzene rings is 3. The molecule has 0 bridgehead atoms. The molecule has 1 amide bonds. The Morgan fingerprint density at radius 1 is 1.04 bits per heavy atom. The van der Waals surface area contributed by atoms with E-state index in [1.165, 1.54) is 10.9 Å². The van der Waals surface area contributed by atoms with E-state index in [2.05, 4.69) is 45.8 Å². The van der Waals surface area contributed by atoms with Crippen LogP contribution in [0.4, 0.5) is 0 Å². The minimum absolute atomic E-state index is 0.332. The molecule has 0 saturated carbocycles. The zero-order valence-electron chi connectivity index (χ0n) is 15.5. The zero-order chi connectivity index (χ0) is 19.3. The number of hydrogen-bond acceptors (Lipinski definition) is 3. The van der Waals surface area contributed by atoms with E-state index in [1.807, 2.05) is 48.5 Å². The largest absolute Gasteiger partial charge is 0.289 e. The Bertz CT molecular complexity index is 1140. The van der Waals surface area contributed by atoms with Crippen molar-refractivity contribution in [1.29, 1.82) is 0 Å². The predicted octanol–water partition coefficient (Wildman–Crippen LogP) is 4.56. The van der Waals surface area contributed by atoms with Gasteiger partial charge in [-0.1, -0.05) is 67.6 Å². The van der Waals surface area contributed by atoms with Crippen LogP contribution in [0.3, 0.4) is 0 Å². The molecule has 1 heterocycles. The van der Waals surface area contributed by atoms with Crippen molar-refractivity contribution in [3.8, 4) is 11.3 Å². The third-order valence-electron chi connectivity index (χ3n) is 4.64. The summed E-state index contributed by atoms with van der Waals surface area (Å²) in [6, 6.07) is 24.0. The Kier molecular flexibility index (Phi) is 4.97. The molecule has 5 heteroatoms.